The number of hydrogen-bond donors (Lipinski definition) is 0. The van der Waals surface area contributed by atoms with Crippen LogP contribution in [-0.2, 0) is 22.6 Å². The molecule has 0 saturated heterocycles. The van der Waals surface area contributed by atoms with Gasteiger partial charge in [-0.2, -0.15) is 13.2 Å². The Bertz CT molecular complexity index is 1410. The molecular formula is C23H16Cl2F3NO2S. The number of fused-ring (bicyclic) bond motifs is 1. The number of aromatic nitrogens is 1. The van der Waals surface area contributed by atoms with Gasteiger partial charge in [0, 0.05) is 27.5 Å². The van der Waals surface area contributed by atoms with Gasteiger partial charge in [-0.1, -0.05) is 47.5 Å². The van der Waals surface area contributed by atoms with Crippen LogP contribution in [0.1, 0.15) is 22.4 Å². The third-order valence-electron chi connectivity index (χ3n) is 5.18. The van der Waals surface area contributed by atoms with Crippen molar-refractivity contribution in [3.8, 4) is 0 Å². The molecule has 0 aliphatic carbocycles. The fraction of sp³-hybridized carbons (Fsp3) is 0.130. The van der Waals surface area contributed by atoms with E-state index in [0.29, 0.717) is 26.6 Å². The molecule has 0 atom stereocenters. The van der Waals surface area contributed by atoms with Crippen LogP contribution >= 0.6 is 23.2 Å². The van der Waals surface area contributed by atoms with Crippen LogP contribution in [0.25, 0.3) is 10.9 Å². The summed E-state index contributed by atoms with van der Waals surface area (Å²) in [6.07, 6.45) is -4.61. The first-order valence-corrected chi connectivity index (χ1v) is 11.7. The molecule has 1 heterocycles. The normalized spacial score (nSPS) is 12.4. The standard InChI is InChI=1S/C23H16Cl2F3NO2S/c1-14-10-15(23(26,27)28)11-22-18(14)12-16(13-19-20(24)8-5-9-21(19)25)29(22)32(30,31)17-6-3-2-4-7-17/h2-12H,13H2,1H3. The van der Waals surface area contributed by atoms with Gasteiger partial charge in [0.2, 0.25) is 0 Å². The van der Waals surface area contributed by atoms with E-state index in [9.17, 15) is 21.6 Å². The van der Waals surface area contributed by atoms with Crippen LogP contribution in [-0.4, -0.2) is 12.4 Å². The highest BCUT2D eigenvalue weighted by Crippen LogP contribution is 2.37. The maximum absolute atomic E-state index is 13.6. The predicted octanol–water partition coefficient (Wildman–Crippen LogP) is 7.10. The van der Waals surface area contributed by atoms with Crippen molar-refractivity contribution < 1.29 is 21.6 Å². The van der Waals surface area contributed by atoms with E-state index in [-0.39, 0.29) is 22.5 Å². The second kappa shape index (κ2) is 8.14. The molecule has 3 nitrogen and oxygen atoms in total. The summed E-state index contributed by atoms with van der Waals surface area (Å²) in [5, 5.41) is 1.06. The number of rotatable bonds is 4. The molecule has 0 spiro atoms. The van der Waals surface area contributed by atoms with Crippen LogP contribution in [0.4, 0.5) is 13.2 Å². The first-order chi connectivity index (χ1) is 15.0. The van der Waals surface area contributed by atoms with E-state index in [1.54, 1.807) is 42.5 Å². The highest BCUT2D eigenvalue weighted by Gasteiger charge is 2.33. The summed E-state index contributed by atoms with van der Waals surface area (Å²) in [4.78, 5) is -0.0425. The summed E-state index contributed by atoms with van der Waals surface area (Å²) in [6.45, 7) is 1.52. The molecule has 9 heteroatoms. The Labute approximate surface area is 193 Å². The molecule has 3 aromatic carbocycles. The molecule has 0 amide bonds. The van der Waals surface area contributed by atoms with Gasteiger partial charge in [-0.15, -0.1) is 0 Å². The highest BCUT2D eigenvalue weighted by atomic mass is 35.5. The summed E-state index contributed by atoms with van der Waals surface area (Å²) in [5.74, 6) is 0. The van der Waals surface area contributed by atoms with Crippen molar-refractivity contribution in [3.05, 3.63) is 99.2 Å². The van der Waals surface area contributed by atoms with Gasteiger partial charge < -0.3 is 0 Å². The first kappa shape index (κ1) is 22.7. The molecule has 0 aliphatic rings. The minimum absolute atomic E-state index is 0.0139. The van der Waals surface area contributed by atoms with Crippen LogP contribution in [0, 0.1) is 6.92 Å². The molecule has 0 radical (unpaired) electrons. The number of nitrogens with zero attached hydrogens (tertiary/aromatic N) is 1. The Hall–Kier alpha value is -2.48. The monoisotopic (exact) mass is 497 g/mol. The smallest absolute Gasteiger partial charge is 0.238 e. The Morgan fingerprint density at radius 3 is 2.12 bits per heavy atom. The van der Waals surface area contributed by atoms with Gasteiger partial charge in [0.15, 0.2) is 0 Å². The molecule has 0 unspecified atom stereocenters. The zero-order valence-corrected chi connectivity index (χ0v) is 18.9. The van der Waals surface area contributed by atoms with Crippen LogP contribution in [0.3, 0.4) is 0 Å². The summed E-state index contributed by atoms with van der Waals surface area (Å²) >= 11 is 12.6. The van der Waals surface area contributed by atoms with E-state index < -0.39 is 21.8 Å². The van der Waals surface area contributed by atoms with Crippen LogP contribution in [0.2, 0.25) is 10.0 Å². The average molecular weight is 498 g/mol. The maximum Gasteiger partial charge on any atom is 0.416 e. The van der Waals surface area contributed by atoms with E-state index in [1.165, 1.54) is 19.1 Å². The number of aryl methyl sites for hydroxylation is 1. The molecule has 0 fully saturated rings. The van der Waals surface area contributed by atoms with Gasteiger partial charge in [0.25, 0.3) is 10.0 Å². The molecule has 0 saturated carbocycles. The first-order valence-electron chi connectivity index (χ1n) is 9.46. The second-order valence-corrected chi connectivity index (χ2v) is 9.92. The number of alkyl halides is 3. The lowest BCUT2D eigenvalue weighted by molar-refractivity contribution is -0.137. The highest BCUT2D eigenvalue weighted by molar-refractivity contribution is 7.90. The van der Waals surface area contributed by atoms with E-state index in [2.05, 4.69) is 0 Å². The molecule has 0 aliphatic heterocycles. The van der Waals surface area contributed by atoms with Crippen molar-refractivity contribution >= 4 is 44.1 Å². The van der Waals surface area contributed by atoms with E-state index in [4.69, 9.17) is 23.2 Å². The lowest BCUT2D eigenvalue weighted by atomic mass is 10.1. The van der Waals surface area contributed by atoms with E-state index in [0.717, 1.165) is 16.1 Å². The molecule has 1 aromatic heterocycles. The van der Waals surface area contributed by atoms with Crippen LogP contribution in [0.5, 0.6) is 0 Å². The van der Waals surface area contributed by atoms with E-state index in [1.807, 2.05) is 0 Å². The zero-order valence-electron chi connectivity index (χ0n) is 16.6. The quantitative estimate of drug-likeness (QED) is 0.301. The van der Waals surface area contributed by atoms with Crippen molar-refractivity contribution in [2.45, 2.75) is 24.4 Å². The third-order valence-corrected chi connectivity index (χ3v) is 7.67. The number of halogens is 5. The Morgan fingerprint density at radius 2 is 1.53 bits per heavy atom. The molecule has 4 aromatic rings. The van der Waals surface area contributed by atoms with Gasteiger partial charge in [0.1, 0.15) is 0 Å². The second-order valence-electron chi connectivity index (χ2n) is 7.32. The van der Waals surface area contributed by atoms with Crippen molar-refractivity contribution in [3.63, 3.8) is 0 Å². The minimum Gasteiger partial charge on any atom is -0.238 e. The molecular weight excluding hydrogens is 482 g/mol. The number of benzene rings is 3. The Kier molecular flexibility index (Phi) is 5.77. The fourth-order valence-electron chi connectivity index (χ4n) is 3.67. The topological polar surface area (TPSA) is 39.1 Å². The Balaban J connectivity index is 2.06. The van der Waals surface area contributed by atoms with Gasteiger partial charge >= 0.3 is 6.18 Å². The summed E-state index contributed by atoms with van der Waals surface area (Å²) in [7, 11) is -4.21. The largest absolute Gasteiger partial charge is 0.416 e. The summed E-state index contributed by atoms with van der Waals surface area (Å²) < 4.78 is 68.7. The fourth-order valence-corrected chi connectivity index (χ4v) is 5.74. The van der Waals surface area contributed by atoms with Gasteiger partial charge in [0.05, 0.1) is 16.0 Å². The average Bonchev–Trinajstić information content (AvgIpc) is 3.10. The van der Waals surface area contributed by atoms with E-state index >= 15 is 0 Å². The lowest BCUT2D eigenvalue weighted by Crippen LogP contribution is -2.16. The van der Waals surface area contributed by atoms with Crippen LogP contribution in [0.15, 0.2) is 71.6 Å². The minimum atomic E-state index is -4.63. The lowest BCUT2D eigenvalue weighted by Gasteiger charge is -2.15. The third kappa shape index (κ3) is 4.00. The van der Waals surface area contributed by atoms with Crippen molar-refractivity contribution in [2.24, 2.45) is 0 Å². The number of hydrogen-bond acceptors (Lipinski definition) is 2. The van der Waals surface area contributed by atoms with Gasteiger partial charge in [-0.3, -0.25) is 0 Å². The predicted molar refractivity (Wildman–Crippen MR) is 120 cm³/mol. The molecule has 0 N–H and O–H groups in total. The molecule has 166 valence electrons. The van der Waals surface area contributed by atoms with Gasteiger partial charge in [-0.05, 0) is 60.5 Å². The zero-order chi connectivity index (χ0) is 23.3. The SMILES string of the molecule is Cc1cc(C(F)(F)F)cc2c1cc(Cc1c(Cl)cccc1Cl)n2S(=O)(=O)c1ccccc1. The van der Waals surface area contributed by atoms with Crippen molar-refractivity contribution in [1.82, 2.24) is 3.97 Å². The molecule has 4 rings (SSSR count). The molecule has 0 bridgehead atoms. The maximum atomic E-state index is 13.6. The van der Waals surface area contributed by atoms with Gasteiger partial charge in [-0.25, -0.2) is 12.4 Å². The summed E-state index contributed by atoms with van der Waals surface area (Å²) in [5.41, 5.74) is 0.0632. The molecule has 32 heavy (non-hydrogen) atoms. The Morgan fingerprint density at radius 1 is 0.906 bits per heavy atom. The summed E-state index contributed by atoms with van der Waals surface area (Å²) in [6, 6.07) is 15.9. The van der Waals surface area contributed by atoms with Crippen molar-refractivity contribution in [2.75, 3.05) is 0 Å². The van der Waals surface area contributed by atoms with Crippen molar-refractivity contribution in [1.29, 1.82) is 0 Å². The van der Waals surface area contributed by atoms with Crippen LogP contribution < -0.4 is 0 Å².